The lowest BCUT2D eigenvalue weighted by molar-refractivity contribution is -0.122. The van der Waals surface area contributed by atoms with Gasteiger partial charge >= 0.3 is 0 Å². The summed E-state index contributed by atoms with van der Waals surface area (Å²) in [5.74, 6) is -0.0779. The molecule has 112 valence electrons. The summed E-state index contributed by atoms with van der Waals surface area (Å²) in [5, 5.41) is 4.87. The van der Waals surface area contributed by atoms with Crippen LogP contribution in [0.2, 0.25) is 0 Å². The minimum atomic E-state index is -0.529. The fourth-order valence-electron chi connectivity index (χ4n) is 2.29. The van der Waals surface area contributed by atoms with E-state index in [1.165, 1.54) is 11.3 Å². The number of likely N-dealkylation sites (N-methyl/N-ethyl adjacent to an activating group) is 1. The Morgan fingerprint density at radius 2 is 2.20 bits per heavy atom. The van der Waals surface area contributed by atoms with E-state index in [1.807, 2.05) is 17.5 Å². The molecular formula is C14H24N4OS. The van der Waals surface area contributed by atoms with Crippen LogP contribution in [-0.4, -0.2) is 62.0 Å². The van der Waals surface area contributed by atoms with Gasteiger partial charge in [0.05, 0.1) is 0 Å². The number of thiophene rings is 1. The molecule has 1 aromatic rings. The lowest BCUT2D eigenvalue weighted by Crippen LogP contribution is -2.45. The zero-order chi connectivity index (χ0) is 14.4. The van der Waals surface area contributed by atoms with E-state index in [2.05, 4.69) is 22.2 Å². The molecule has 1 aliphatic rings. The van der Waals surface area contributed by atoms with Gasteiger partial charge in [-0.3, -0.25) is 4.79 Å². The van der Waals surface area contributed by atoms with Crippen LogP contribution in [0.4, 0.5) is 0 Å². The standard InChI is InChI=1S/C14H24N4OS/c1-17-7-9-18(10-8-17)6-3-5-16-14(19)13(15)12-4-2-11-20-12/h2,4,11,13H,3,5-10,15H2,1H3,(H,16,19). The van der Waals surface area contributed by atoms with E-state index < -0.39 is 6.04 Å². The van der Waals surface area contributed by atoms with Gasteiger partial charge in [-0.25, -0.2) is 0 Å². The Balaban J connectivity index is 1.60. The Kier molecular flexibility index (Phi) is 5.97. The number of carbonyl (C=O) groups is 1. The van der Waals surface area contributed by atoms with E-state index in [4.69, 9.17) is 5.73 Å². The maximum absolute atomic E-state index is 11.9. The summed E-state index contributed by atoms with van der Waals surface area (Å²) in [6, 6.07) is 3.29. The van der Waals surface area contributed by atoms with Crippen molar-refractivity contribution in [2.45, 2.75) is 12.5 Å². The molecule has 0 saturated carbocycles. The first-order valence-electron chi connectivity index (χ1n) is 7.14. The summed E-state index contributed by atoms with van der Waals surface area (Å²) in [5.41, 5.74) is 5.91. The lowest BCUT2D eigenvalue weighted by atomic mass is 10.2. The van der Waals surface area contributed by atoms with Gasteiger partial charge in [-0.1, -0.05) is 6.07 Å². The van der Waals surface area contributed by atoms with Crippen molar-refractivity contribution < 1.29 is 4.79 Å². The van der Waals surface area contributed by atoms with Crippen molar-refractivity contribution in [1.82, 2.24) is 15.1 Å². The number of rotatable bonds is 6. The van der Waals surface area contributed by atoms with Crippen molar-refractivity contribution in [2.24, 2.45) is 5.73 Å². The van der Waals surface area contributed by atoms with Crippen LogP contribution in [0.1, 0.15) is 17.3 Å². The molecule has 6 heteroatoms. The minimum Gasteiger partial charge on any atom is -0.354 e. The highest BCUT2D eigenvalue weighted by molar-refractivity contribution is 7.10. The smallest absolute Gasteiger partial charge is 0.242 e. The van der Waals surface area contributed by atoms with Crippen LogP contribution in [0.25, 0.3) is 0 Å². The predicted molar refractivity (Wildman–Crippen MR) is 82.8 cm³/mol. The first-order valence-corrected chi connectivity index (χ1v) is 8.02. The maximum atomic E-state index is 11.9. The quantitative estimate of drug-likeness (QED) is 0.751. The van der Waals surface area contributed by atoms with Gasteiger partial charge in [0.15, 0.2) is 0 Å². The van der Waals surface area contributed by atoms with Crippen LogP contribution < -0.4 is 11.1 Å². The van der Waals surface area contributed by atoms with Crippen LogP contribution in [0, 0.1) is 0 Å². The highest BCUT2D eigenvalue weighted by atomic mass is 32.1. The zero-order valence-electron chi connectivity index (χ0n) is 12.0. The van der Waals surface area contributed by atoms with E-state index in [0.717, 1.165) is 44.0 Å². The van der Waals surface area contributed by atoms with E-state index in [0.29, 0.717) is 6.54 Å². The van der Waals surface area contributed by atoms with Crippen LogP contribution >= 0.6 is 11.3 Å². The van der Waals surface area contributed by atoms with Crippen molar-refractivity contribution in [3.63, 3.8) is 0 Å². The van der Waals surface area contributed by atoms with Crippen LogP contribution in [0.3, 0.4) is 0 Å². The number of nitrogens with zero attached hydrogens (tertiary/aromatic N) is 2. The number of nitrogens with one attached hydrogen (secondary N) is 1. The Labute approximate surface area is 124 Å². The van der Waals surface area contributed by atoms with Crippen molar-refractivity contribution in [1.29, 1.82) is 0 Å². The molecule has 0 radical (unpaired) electrons. The number of hydrogen-bond acceptors (Lipinski definition) is 5. The second kappa shape index (κ2) is 7.73. The summed E-state index contributed by atoms with van der Waals surface area (Å²) >= 11 is 1.52. The number of carbonyl (C=O) groups excluding carboxylic acids is 1. The molecule has 1 aromatic heterocycles. The molecule has 1 aliphatic heterocycles. The zero-order valence-corrected chi connectivity index (χ0v) is 12.9. The van der Waals surface area contributed by atoms with Crippen LogP contribution in [0.5, 0.6) is 0 Å². The SMILES string of the molecule is CN1CCN(CCCNC(=O)C(N)c2cccs2)CC1. The van der Waals surface area contributed by atoms with Gasteiger partial charge in [0, 0.05) is 37.6 Å². The largest absolute Gasteiger partial charge is 0.354 e. The van der Waals surface area contributed by atoms with E-state index >= 15 is 0 Å². The molecule has 1 atom stereocenters. The molecule has 3 N–H and O–H groups in total. The summed E-state index contributed by atoms with van der Waals surface area (Å²) in [7, 11) is 2.16. The van der Waals surface area contributed by atoms with Gasteiger partial charge in [0.25, 0.3) is 0 Å². The molecule has 0 spiro atoms. The second-order valence-corrected chi connectivity index (χ2v) is 6.26. The summed E-state index contributed by atoms with van der Waals surface area (Å²) in [4.78, 5) is 17.6. The van der Waals surface area contributed by atoms with Crippen LogP contribution in [-0.2, 0) is 4.79 Å². The van der Waals surface area contributed by atoms with Gasteiger partial charge < -0.3 is 20.9 Å². The predicted octanol–water partition coefficient (Wildman–Crippen LogP) is 0.502. The molecular weight excluding hydrogens is 272 g/mol. The van der Waals surface area contributed by atoms with Crippen molar-refractivity contribution in [2.75, 3.05) is 46.3 Å². The number of amides is 1. The highest BCUT2D eigenvalue weighted by Gasteiger charge is 2.16. The van der Waals surface area contributed by atoms with Crippen molar-refractivity contribution >= 4 is 17.2 Å². The van der Waals surface area contributed by atoms with Gasteiger partial charge in [-0.2, -0.15) is 0 Å². The molecule has 1 saturated heterocycles. The first kappa shape index (κ1) is 15.4. The third kappa shape index (κ3) is 4.56. The molecule has 0 aliphatic carbocycles. The van der Waals surface area contributed by atoms with Crippen molar-refractivity contribution in [3.05, 3.63) is 22.4 Å². The highest BCUT2D eigenvalue weighted by Crippen LogP contribution is 2.16. The number of hydrogen-bond donors (Lipinski definition) is 2. The normalized spacial score (nSPS) is 18.9. The first-order chi connectivity index (χ1) is 9.66. The summed E-state index contributed by atoms with van der Waals surface area (Å²) in [6.07, 6.45) is 0.979. The van der Waals surface area contributed by atoms with E-state index in [-0.39, 0.29) is 5.91 Å². The van der Waals surface area contributed by atoms with E-state index in [1.54, 1.807) is 0 Å². The molecule has 2 heterocycles. The van der Waals surface area contributed by atoms with Gasteiger partial charge in [-0.05, 0) is 31.5 Å². The minimum absolute atomic E-state index is 0.0779. The topological polar surface area (TPSA) is 61.6 Å². The molecule has 2 rings (SSSR count). The molecule has 0 aromatic carbocycles. The Hall–Kier alpha value is -0.950. The number of piperazine rings is 1. The third-order valence-electron chi connectivity index (χ3n) is 3.68. The van der Waals surface area contributed by atoms with E-state index in [9.17, 15) is 4.79 Å². The summed E-state index contributed by atoms with van der Waals surface area (Å²) in [6.45, 7) is 6.26. The average Bonchev–Trinajstić information content (AvgIpc) is 2.98. The fourth-order valence-corrected chi connectivity index (χ4v) is 3.02. The molecule has 1 fully saturated rings. The summed E-state index contributed by atoms with van der Waals surface area (Å²) < 4.78 is 0. The molecule has 0 bridgehead atoms. The van der Waals surface area contributed by atoms with Gasteiger partial charge in [-0.15, -0.1) is 11.3 Å². The fraction of sp³-hybridized carbons (Fsp3) is 0.643. The van der Waals surface area contributed by atoms with Crippen molar-refractivity contribution in [3.8, 4) is 0 Å². The number of nitrogens with two attached hydrogens (primary N) is 1. The monoisotopic (exact) mass is 296 g/mol. The molecule has 5 nitrogen and oxygen atoms in total. The molecule has 1 unspecified atom stereocenters. The Bertz CT molecular complexity index is 401. The van der Waals surface area contributed by atoms with Gasteiger partial charge in [0.1, 0.15) is 6.04 Å². The van der Waals surface area contributed by atoms with Crippen LogP contribution in [0.15, 0.2) is 17.5 Å². The Morgan fingerprint density at radius 1 is 1.45 bits per heavy atom. The third-order valence-corrected chi connectivity index (χ3v) is 4.63. The van der Waals surface area contributed by atoms with Gasteiger partial charge in [0.2, 0.25) is 5.91 Å². The Morgan fingerprint density at radius 3 is 2.85 bits per heavy atom. The molecule has 20 heavy (non-hydrogen) atoms. The average molecular weight is 296 g/mol. The molecule has 1 amide bonds. The maximum Gasteiger partial charge on any atom is 0.242 e. The lowest BCUT2D eigenvalue weighted by Gasteiger charge is -2.32. The second-order valence-electron chi connectivity index (χ2n) is 5.28.